The molecule has 1 N–H and O–H groups in total. The van der Waals surface area contributed by atoms with Crippen LogP contribution >= 0.6 is 0 Å². The van der Waals surface area contributed by atoms with Gasteiger partial charge < -0.3 is 15.0 Å². The third-order valence-corrected chi connectivity index (χ3v) is 3.53. The van der Waals surface area contributed by atoms with Crippen molar-refractivity contribution < 1.29 is 9.13 Å². The fourth-order valence-electron chi connectivity index (χ4n) is 2.50. The second-order valence-electron chi connectivity index (χ2n) is 4.76. The first-order chi connectivity index (χ1) is 8.72. The average Bonchev–Trinajstić information content (AvgIpc) is 2.40. The Morgan fingerprint density at radius 2 is 2.11 bits per heavy atom. The standard InChI is InChI=1S/C14H21FN2O/c1-16-10-11-9-12(15)3-4-14(11)17(2)13-5-7-18-8-6-13/h3-4,9,13,16H,5-8,10H2,1-2H3. The lowest BCUT2D eigenvalue weighted by Crippen LogP contribution is -2.37. The Labute approximate surface area is 108 Å². The van der Waals surface area contributed by atoms with Crippen LogP contribution in [0.15, 0.2) is 18.2 Å². The van der Waals surface area contributed by atoms with Gasteiger partial charge in [-0.1, -0.05) is 0 Å². The normalized spacial score (nSPS) is 16.8. The summed E-state index contributed by atoms with van der Waals surface area (Å²) in [6.07, 6.45) is 2.07. The van der Waals surface area contributed by atoms with Gasteiger partial charge >= 0.3 is 0 Å². The predicted octanol–water partition coefficient (Wildman–Crippen LogP) is 2.16. The van der Waals surface area contributed by atoms with Gasteiger partial charge in [0.15, 0.2) is 0 Å². The second-order valence-corrected chi connectivity index (χ2v) is 4.76. The third kappa shape index (κ3) is 3.00. The molecule has 1 saturated heterocycles. The zero-order valence-electron chi connectivity index (χ0n) is 11.1. The van der Waals surface area contributed by atoms with E-state index in [0.29, 0.717) is 12.6 Å². The number of ether oxygens (including phenoxy) is 1. The summed E-state index contributed by atoms with van der Waals surface area (Å²) in [5, 5.41) is 3.09. The van der Waals surface area contributed by atoms with E-state index in [1.54, 1.807) is 6.07 Å². The van der Waals surface area contributed by atoms with E-state index in [9.17, 15) is 4.39 Å². The fraction of sp³-hybridized carbons (Fsp3) is 0.571. The summed E-state index contributed by atoms with van der Waals surface area (Å²) in [5.74, 6) is -0.177. The van der Waals surface area contributed by atoms with Crippen molar-refractivity contribution in [1.29, 1.82) is 0 Å². The molecular formula is C14H21FN2O. The van der Waals surface area contributed by atoms with Gasteiger partial charge in [0.2, 0.25) is 0 Å². The van der Waals surface area contributed by atoms with Crippen LogP contribution in [0.25, 0.3) is 0 Å². The van der Waals surface area contributed by atoms with Gasteiger partial charge in [-0.15, -0.1) is 0 Å². The number of rotatable bonds is 4. The molecule has 2 rings (SSSR count). The minimum Gasteiger partial charge on any atom is -0.381 e. The first-order valence-electron chi connectivity index (χ1n) is 6.46. The van der Waals surface area contributed by atoms with Crippen molar-refractivity contribution >= 4 is 5.69 Å². The first-order valence-corrected chi connectivity index (χ1v) is 6.46. The van der Waals surface area contributed by atoms with Gasteiger partial charge in [-0.2, -0.15) is 0 Å². The predicted molar refractivity (Wildman–Crippen MR) is 71.4 cm³/mol. The molecule has 0 aliphatic carbocycles. The van der Waals surface area contributed by atoms with Crippen molar-refractivity contribution in [2.45, 2.75) is 25.4 Å². The molecule has 1 fully saturated rings. The molecular weight excluding hydrogens is 231 g/mol. The maximum Gasteiger partial charge on any atom is 0.123 e. The molecule has 0 amide bonds. The zero-order valence-corrected chi connectivity index (χ0v) is 11.1. The number of halogens is 1. The van der Waals surface area contributed by atoms with Crippen LogP contribution in [0.5, 0.6) is 0 Å². The monoisotopic (exact) mass is 252 g/mol. The van der Waals surface area contributed by atoms with E-state index in [4.69, 9.17) is 4.74 Å². The molecule has 0 radical (unpaired) electrons. The van der Waals surface area contributed by atoms with Crippen LogP contribution in [0.3, 0.4) is 0 Å². The SMILES string of the molecule is CNCc1cc(F)ccc1N(C)C1CCOCC1. The highest BCUT2D eigenvalue weighted by atomic mass is 19.1. The van der Waals surface area contributed by atoms with E-state index in [2.05, 4.69) is 17.3 Å². The Balaban J connectivity index is 2.19. The number of nitrogens with zero attached hydrogens (tertiary/aromatic N) is 1. The molecule has 1 aromatic carbocycles. The molecule has 4 heteroatoms. The van der Waals surface area contributed by atoms with E-state index in [1.165, 1.54) is 6.07 Å². The van der Waals surface area contributed by atoms with Crippen LogP contribution in [-0.4, -0.2) is 33.4 Å². The minimum absolute atomic E-state index is 0.177. The molecule has 1 aromatic rings. The molecule has 0 bridgehead atoms. The van der Waals surface area contributed by atoms with Crippen LogP contribution in [-0.2, 0) is 11.3 Å². The van der Waals surface area contributed by atoms with E-state index in [1.807, 2.05) is 13.1 Å². The highest BCUT2D eigenvalue weighted by molar-refractivity contribution is 5.54. The van der Waals surface area contributed by atoms with Gasteiger partial charge in [-0.3, -0.25) is 0 Å². The van der Waals surface area contributed by atoms with Crippen molar-refractivity contribution in [2.24, 2.45) is 0 Å². The maximum absolute atomic E-state index is 13.3. The van der Waals surface area contributed by atoms with Crippen molar-refractivity contribution in [3.05, 3.63) is 29.6 Å². The van der Waals surface area contributed by atoms with Gasteiger partial charge in [0.1, 0.15) is 5.82 Å². The Morgan fingerprint density at radius 1 is 1.39 bits per heavy atom. The van der Waals surface area contributed by atoms with Crippen molar-refractivity contribution in [1.82, 2.24) is 5.32 Å². The van der Waals surface area contributed by atoms with Crippen LogP contribution in [0.2, 0.25) is 0 Å². The fourth-order valence-corrected chi connectivity index (χ4v) is 2.50. The summed E-state index contributed by atoms with van der Waals surface area (Å²) >= 11 is 0. The smallest absolute Gasteiger partial charge is 0.123 e. The lowest BCUT2D eigenvalue weighted by Gasteiger charge is -2.34. The maximum atomic E-state index is 13.3. The van der Waals surface area contributed by atoms with Crippen LogP contribution in [0.4, 0.5) is 10.1 Å². The van der Waals surface area contributed by atoms with Gasteiger partial charge in [0.25, 0.3) is 0 Å². The van der Waals surface area contributed by atoms with Crippen molar-refractivity contribution in [3.8, 4) is 0 Å². The quantitative estimate of drug-likeness (QED) is 0.888. The number of hydrogen-bond donors (Lipinski definition) is 1. The number of nitrogens with one attached hydrogen (secondary N) is 1. The summed E-state index contributed by atoms with van der Waals surface area (Å²) in [6.45, 7) is 2.32. The van der Waals surface area contributed by atoms with E-state index in [-0.39, 0.29) is 5.82 Å². The Hall–Kier alpha value is -1.13. The van der Waals surface area contributed by atoms with Crippen LogP contribution in [0, 0.1) is 5.82 Å². The summed E-state index contributed by atoms with van der Waals surface area (Å²) in [5.41, 5.74) is 2.11. The molecule has 1 aliphatic rings. The van der Waals surface area contributed by atoms with E-state index >= 15 is 0 Å². The molecule has 1 aliphatic heterocycles. The average molecular weight is 252 g/mol. The second kappa shape index (κ2) is 6.16. The molecule has 0 spiro atoms. The van der Waals surface area contributed by atoms with Crippen molar-refractivity contribution in [2.75, 3.05) is 32.2 Å². The van der Waals surface area contributed by atoms with Gasteiger partial charge in [-0.05, 0) is 43.7 Å². The topological polar surface area (TPSA) is 24.5 Å². The largest absolute Gasteiger partial charge is 0.381 e. The highest BCUT2D eigenvalue weighted by Gasteiger charge is 2.20. The van der Waals surface area contributed by atoms with Gasteiger partial charge in [-0.25, -0.2) is 4.39 Å². The molecule has 0 atom stereocenters. The minimum atomic E-state index is -0.177. The van der Waals surface area contributed by atoms with Gasteiger partial charge in [0, 0.05) is 38.5 Å². The molecule has 0 aromatic heterocycles. The summed E-state index contributed by atoms with van der Waals surface area (Å²) in [4.78, 5) is 2.26. The number of hydrogen-bond acceptors (Lipinski definition) is 3. The lowest BCUT2D eigenvalue weighted by atomic mass is 10.0. The van der Waals surface area contributed by atoms with Crippen LogP contribution < -0.4 is 10.2 Å². The van der Waals surface area contributed by atoms with Gasteiger partial charge in [0.05, 0.1) is 0 Å². The summed E-state index contributed by atoms with van der Waals surface area (Å²) < 4.78 is 18.7. The zero-order chi connectivity index (χ0) is 13.0. The Bertz CT molecular complexity index is 391. The molecule has 1 heterocycles. The lowest BCUT2D eigenvalue weighted by molar-refractivity contribution is 0.0854. The molecule has 18 heavy (non-hydrogen) atoms. The Morgan fingerprint density at radius 3 is 2.78 bits per heavy atom. The first kappa shape index (κ1) is 13.3. The molecule has 0 saturated carbocycles. The van der Waals surface area contributed by atoms with E-state index < -0.39 is 0 Å². The summed E-state index contributed by atoms with van der Waals surface area (Å²) in [7, 11) is 3.96. The van der Waals surface area contributed by atoms with Crippen LogP contribution in [0.1, 0.15) is 18.4 Å². The highest BCUT2D eigenvalue weighted by Crippen LogP contribution is 2.25. The molecule has 0 unspecified atom stereocenters. The summed E-state index contributed by atoms with van der Waals surface area (Å²) in [6, 6.07) is 5.50. The van der Waals surface area contributed by atoms with Crippen molar-refractivity contribution in [3.63, 3.8) is 0 Å². The van der Waals surface area contributed by atoms with E-state index in [0.717, 1.165) is 37.3 Å². The molecule has 3 nitrogen and oxygen atoms in total. The molecule has 100 valence electrons. The number of benzene rings is 1. The third-order valence-electron chi connectivity index (χ3n) is 3.53. The number of anilines is 1. The Kier molecular flexibility index (Phi) is 4.55.